The van der Waals surface area contributed by atoms with Gasteiger partial charge in [-0.05, 0) is 71.9 Å². The molecular formula is C25H24FNO2S. The molecule has 30 heavy (non-hydrogen) atoms. The van der Waals surface area contributed by atoms with Crippen molar-refractivity contribution in [3.05, 3.63) is 63.5 Å². The number of hydrogen-bond acceptors (Lipinski definition) is 3. The van der Waals surface area contributed by atoms with Crippen LogP contribution in [0.3, 0.4) is 0 Å². The number of rotatable bonds is 4. The lowest BCUT2D eigenvalue weighted by atomic mass is 9.93. The van der Waals surface area contributed by atoms with Gasteiger partial charge in [-0.1, -0.05) is 25.5 Å². The maximum atomic E-state index is 15.1. The van der Waals surface area contributed by atoms with E-state index < -0.39 is 0 Å². The molecule has 0 saturated heterocycles. The zero-order valence-corrected chi connectivity index (χ0v) is 17.9. The molecule has 1 saturated carbocycles. The van der Waals surface area contributed by atoms with Gasteiger partial charge in [-0.25, -0.2) is 4.39 Å². The van der Waals surface area contributed by atoms with E-state index in [1.165, 1.54) is 30.6 Å². The summed E-state index contributed by atoms with van der Waals surface area (Å²) in [5.41, 5.74) is 2.99. The molecule has 2 atom stereocenters. The van der Waals surface area contributed by atoms with Gasteiger partial charge in [0, 0.05) is 21.9 Å². The van der Waals surface area contributed by atoms with Gasteiger partial charge in [0.2, 0.25) is 0 Å². The van der Waals surface area contributed by atoms with Gasteiger partial charge in [0.05, 0.1) is 7.11 Å². The molecule has 2 aromatic heterocycles. The van der Waals surface area contributed by atoms with E-state index in [4.69, 9.17) is 4.74 Å². The number of nitrogens with one attached hydrogen (secondary N) is 1. The summed E-state index contributed by atoms with van der Waals surface area (Å²) in [6.45, 7) is 2.28. The molecular weight excluding hydrogens is 397 g/mol. The number of benzene rings is 2. The first kappa shape index (κ1) is 19.3. The predicted molar refractivity (Wildman–Crippen MR) is 122 cm³/mol. The number of methoxy groups -OCH3 is 1. The average Bonchev–Trinajstić information content (AvgIpc) is 3.38. The molecule has 0 bridgehead atoms. The van der Waals surface area contributed by atoms with Crippen molar-refractivity contribution in [3.8, 4) is 16.9 Å². The standard InChI is InChI=1S/C25H24FNO2S/c1-14-3-4-15(11-14)12-16-5-6-17(13-19(16)26)22-21(29-2)8-7-20-23(22)18-9-10-30-24(18)25(28)27-20/h5-10,13-15H,3-4,11-12H2,1-2H3,(H,27,28). The Balaban J connectivity index is 1.66. The van der Waals surface area contributed by atoms with E-state index in [0.717, 1.165) is 45.3 Å². The summed E-state index contributed by atoms with van der Waals surface area (Å²) in [4.78, 5) is 15.4. The number of aromatic amines is 1. The zero-order valence-electron chi connectivity index (χ0n) is 17.1. The number of H-pyrrole nitrogens is 1. The summed E-state index contributed by atoms with van der Waals surface area (Å²) in [6, 6.07) is 11.2. The fourth-order valence-corrected chi connectivity index (χ4v) is 5.77. The van der Waals surface area contributed by atoms with Crippen molar-refractivity contribution >= 4 is 32.3 Å². The summed E-state index contributed by atoms with van der Waals surface area (Å²) in [5, 5.41) is 3.67. The minimum atomic E-state index is -0.169. The summed E-state index contributed by atoms with van der Waals surface area (Å²) in [6.07, 6.45) is 4.41. The van der Waals surface area contributed by atoms with Crippen LogP contribution < -0.4 is 10.3 Å². The summed E-state index contributed by atoms with van der Waals surface area (Å²) in [7, 11) is 1.62. The lowest BCUT2D eigenvalue weighted by Crippen LogP contribution is -2.05. The third-order valence-corrected chi connectivity index (χ3v) is 7.34. The first-order valence-corrected chi connectivity index (χ1v) is 11.3. The maximum Gasteiger partial charge on any atom is 0.266 e. The van der Waals surface area contributed by atoms with Crippen LogP contribution in [0.1, 0.15) is 31.7 Å². The second-order valence-corrected chi connectivity index (χ2v) is 9.39. The fraction of sp³-hybridized carbons (Fsp3) is 0.320. The molecule has 0 aliphatic heterocycles. The Morgan fingerprint density at radius 3 is 2.80 bits per heavy atom. The topological polar surface area (TPSA) is 42.1 Å². The maximum absolute atomic E-state index is 15.1. The predicted octanol–water partition coefficient (Wildman–Crippen LogP) is 6.54. The van der Waals surface area contributed by atoms with Gasteiger partial charge < -0.3 is 9.72 Å². The van der Waals surface area contributed by atoms with Crippen LogP contribution in [-0.4, -0.2) is 12.1 Å². The van der Waals surface area contributed by atoms with Gasteiger partial charge in [-0.2, -0.15) is 0 Å². The first-order chi connectivity index (χ1) is 14.5. The number of fused-ring (bicyclic) bond motifs is 3. The van der Waals surface area contributed by atoms with Crippen molar-refractivity contribution in [1.82, 2.24) is 4.98 Å². The normalized spacial score (nSPS) is 19.0. The van der Waals surface area contributed by atoms with Gasteiger partial charge in [0.25, 0.3) is 5.56 Å². The van der Waals surface area contributed by atoms with Crippen LogP contribution in [0.5, 0.6) is 5.75 Å². The highest BCUT2D eigenvalue weighted by atomic mass is 32.1. The van der Waals surface area contributed by atoms with Crippen LogP contribution in [0.25, 0.3) is 32.1 Å². The third kappa shape index (κ3) is 3.21. The highest BCUT2D eigenvalue weighted by Crippen LogP contribution is 2.41. The molecule has 0 spiro atoms. The van der Waals surface area contributed by atoms with Gasteiger partial charge in [0.1, 0.15) is 16.3 Å². The number of ether oxygens (including phenoxy) is 1. The summed E-state index contributed by atoms with van der Waals surface area (Å²) < 4.78 is 21.5. The lowest BCUT2D eigenvalue weighted by molar-refractivity contribution is 0.417. The molecule has 1 fully saturated rings. The lowest BCUT2D eigenvalue weighted by Gasteiger charge is -2.15. The monoisotopic (exact) mass is 421 g/mol. The van der Waals surface area contributed by atoms with Gasteiger partial charge in [-0.15, -0.1) is 11.3 Å². The highest BCUT2D eigenvalue weighted by Gasteiger charge is 2.23. The van der Waals surface area contributed by atoms with Crippen LogP contribution in [0.2, 0.25) is 0 Å². The van der Waals surface area contributed by atoms with Crippen LogP contribution >= 0.6 is 11.3 Å². The fourth-order valence-electron chi connectivity index (χ4n) is 4.97. The molecule has 5 rings (SSSR count). The molecule has 2 unspecified atom stereocenters. The molecule has 5 heteroatoms. The van der Waals surface area contributed by atoms with Crippen molar-refractivity contribution in [1.29, 1.82) is 0 Å². The molecule has 2 heterocycles. The zero-order chi connectivity index (χ0) is 20.8. The first-order valence-electron chi connectivity index (χ1n) is 10.4. The third-order valence-electron chi connectivity index (χ3n) is 6.43. The molecule has 154 valence electrons. The van der Waals surface area contributed by atoms with Crippen molar-refractivity contribution in [3.63, 3.8) is 0 Å². The smallest absolute Gasteiger partial charge is 0.266 e. The van der Waals surface area contributed by atoms with Crippen molar-refractivity contribution in [2.24, 2.45) is 11.8 Å². The minimum Gasteiger partial charge on any atom is -0.496 e. The van der Waals surface area contributed by atoms with Crippen LogP contribution in [0, 0.1) is 17.7 Å². The van der Waals surface area contributed by atoms with E-state index in [1.807, 2.05) is 35.7 Å². The Morgan fingerprint density at radius 1 is 1.20 bits per heavy atom. The average molecular weight is 422 g/mol. The van der Waals surface area contributed by atoms with Crippen LogP contribution in [0.4, 0.5) is 4.39 Å². The molecule has 1 aliphatic rings. The molecule has 0 radical (unpaired) electrons. The minimum absolute atomic E-state index is 0.101. The van der Waals surface area contributed by atoms with Gasteiger partial charge in [-0.3, -0.25) is 4.79 Å². The number of halogens is 1. The van der Waals surface area contributed by atoms with Crippen molar-refractivity contribution < 1.29 is 9.13 Å². The van der Waals surface area contributed by atoms with E-state index in [1.54, 1.807) is 13.2 Å². The Hall–Kier alpha value is -2.66. The van der Waals surface area contributed by atoms with Crippen LogP contribution in [0.15, 0.2) is 46.6 Å². The molecule has 3 nitrogen and oxygen atoms in total. The van der Waals surface area contributed by atoms with Crippen LogP contribution in [-0.2, 0) is 6.42 Å². The van der Waals surface area contributed by atoms with E-state index in [0.29, 0.717) is 16.4 Å². The second-order valence-electron chi connectivity index (χ2n) is 8.48. The number of thiophene rings is 1. The molecule has 1 N–H and O–H groups in total. The molecule has 0 amide bonds. The SMILES string of the molecule is COc1ccc2[nH]c(=O)c3sccc3c2c1-c1ccc(CC2CCC(C)C2)c(F)c1. The van der Waals surface area contributed by atoms with Crippen molar-refractivity contribution in [2.75, 3.05) is 7.11 Å². The Labute approximate surface area is 178 Å². The largest absolute Gasteiger partial charge is 0.496 e. The molecule has 1 aliphatic carbocycles. The molecule has 4 aromatic rings. The Morgan fingerprint density at radius 2 is 2.07 bits per heavy atom. The quantitative estimate of drug-likeness (QED) is 0.407. The Bertz CT molecular complexity index is 1310. The van der Waals surface area contributed by atoms with Crippen molar-refractivity contribution in [2.45, 2.75) is 32.6 Å². The Kier molecular flexibility index (Phi) is 4.86. The summed E-state index contributed by atoms with van der Waals surface area (Å²) in [5.74, 6) is 1.81. The number of aromatic nitrogens is 1. The number of pyridine rings is 1. The highest BCUT2D eigenvalue weighted by molar-refractivity contribution is 7.17. The van der Waals surface area contributed by atoms with E-state index in [-0.39, 0.29) is 11.4 Å². The van der Waals surface area contributed by atoms with E-state index in [2.05, 4.69) is 11.9 Å². The summed E-state index contributed by atoms with van der Waals surface area (Å²) >= 11 is 1.41. The van der Waals surface area contributed by atoms with E-state index >= 15 is 4.39 Å². The second kappa shape index (κ2) is 7.55. The molecule has 2 aromatic carbocycles. The number of hydrogen-bond donors (Lipinski definition) is 1. The van der Waals surface area contributed by atoms with Gasteiger partial charge >= 0.3 is 0 Å². The van der Waals surface area contributed by atoms with E-state index in [9.17, 15) is 4.79 Å². The van der Waals surface area contributed by atoms with Gasteiger partial charge in [0.15, 0.2) is 0 Å².